The van der Waals surface area contributed by atoms with Gasteiger partial charge in [0.2, 0.25) is 17.7 Å². The zero-order valence-electron chi connectivity index (χ0n) is 20.5. The Hall–Kier alpha value is -4.23. The molecule has 3 aliphatic rings. The molecule has 2 saturated heterocycles. The molecule has 3 N–H and O–H groups in total. The molecule has 0 radical (unpaired) electrons. The van der Waals surface area contributed by atoms with E-state index >= 15 is 0 Å². The number of para-hydroxylation sites is 1. The van der Waals surface area contributed by atoms with Crippen LogP contribution in [-0.4, -0.2) is 28.7 Å². The van der Waals surface area contributed by atoms with Crippen molar-refractivity contribution in [2.75, 3.05) is 10.2 Å². The number of hydrogen-bond donors (Lipinski definition) is 3. The molecule has 3 aliphatic heterocycles. The number of amides is 3. The SMILES string of the molecule is Cc1cccc(N2C(=O)[C@@H]3[C@H](Cc4c[nH]c5ccccc45)N[C@@]4(C(=O)Nc5ccc(C)cc54)[C@@H]3C2=O)c1. The summed E-state index contributed by atoms with van der Waals surface area (Å²) in [5.41, 5.74) is 4.66. The van der Waals surface area contributed by atoms with Crippen LogP contribution < -0.4 is 15.5 Å². The molecule has 3 amide bonds. The standard InChI is InChI=1S/C30H26N4O3/c1-16-6-5-7-19(12-16)34-27(35)25-24(14-18-15-31-22-9-4-3-8-20(18)22)33-30(26(25)28(34)36)21-13-17(2)10-11-23(21)32-29(30)37/h3-13,15,24-26,31,33H,14H2,1-2H3,(H,32,37)/t24-,25+,26-,30+/m0/s1. The number of anilines is 2. The second-order valence-corrected chi connectivity index (χ2v) is 10.5. The van der Waals surface area contributed by atoms with Crippen LogP contribution in [-0.2, 0) is 26.3 Å². The van der Waals surface area contributed by atoms with E-state index in [-0.39, 0.29) is 17.7 Å². The van der Waals surface area contributed by atoms with Crippen molar-refractivity contribution in [3.8, 4) is 0 Å². The fraction of sp³-hybridized carbons (Fsp3) is 0.233. The highest BCUT2D eigenvalue weighted by molar-refractivity contribution is 6.25. The molecule has 7 nitrogen and oxygen atoms in total. The molecule has 7 rings (SSSR count). The molecule has 0 saturated carbocycles. The fourth-order valence-corrected chi connectivity index (χ4v) is 6.65. The second kappa shape index (κ2) is 7.63. The number of fused-ring (bicyclic) bond motifs is 5. The van der Waals surface area contributed by atoms with Crippen molar-refractivity contribution in [3.63, 3.8) is 0 Å². The van der Waals surface area contributed by atoms with Crippen molar-refractivity contribution in [3.05, 3.63) is 95.2 Å². The zero-order chi connectivity index (χ0) is 25.5. The lowest BCUT2D eigenvalue weighted by Gasteiger charge is -2.29. The van der Waals surface area contributed by atoms with Gasteiger partial charge in [0, 0.05) is 34.4 Å². The van der Waals surface area contributed by atoms with Crippen LogP contribution in [0.4, 0.5) is 11.4 Å². The summed E-state index contributed by atoms with van der Waals surface area (Å²) in [6.07, 6.45) is 2.46. The fourth-order valence-electron chi connectivity index (χ4n) is 6.65. The Balaban J connectivity index is 1.39. The molecule has 0 aliphatic carbocycles. The molecular weight excluding hydrogens is 464 g/mol. The number of aromatic amines is 1. The molecule has 0 unspecified atom stereocenters. The lowest BCUT2D eigenvalue weighted by molar-refractivity contribution is -0.130. The monoisotopic (exact) mass is 490 g/mol. The summed E-state index contributed by atoms with van der Waals surface area (Å²) < 4.78 is 0. The summed E-state index contributed by atoms with van der Waals surface area (Å²) in [6.45, 7) is 3.90. The molecule has 1 spiro atoms. The third-order valence-corrected chi connectivity index (χ3v) is 8.25. The van der Waals surface area contributed by atoms with Gasteiger partial charge in [-0.3, -0.25) is 19.7 Å². The van der Waals surface area contributed by atoms with Crippen LogP contribution in [0.1, 0.15) is 22.3 Å². The molecule has 7 heteroatoms. The molecule has 4 aromatic rings. The zero-order valence-corrected chi connectivity index (χ0v) is 20.5. The van der Waals surface area contributed by atoms with Crippen LogP contribution in [0.25, 0.3) is 10.9 Å². The van der Waals surface area contributed by atoms with Gasteiger partial charge in [-0.2, -0.15) is 0 Å². The van der Waals surface area contributed by atoms with E-state index in [1.807, 2.05) is 80.7 Å². The summed E-state index contributed by atoms with van der Waals surface area (Å²) in [4.78, 5) is 46.6. The van der Waals surface area contributed by atoms with E-state index in [4.69, 9.17) is 0 Å². The van der Waals surface area contributed by atoms with Crippen LogP contribution in [0.5, 0.6) is 0 Å². The number of imide groups is 1. The maximum Gasteiger partial charge on any atom is 0.250 e. The van der Waals surface area contributed by atoms with Crippen LogP contribution in [0.2, 0.25) is 0 Å². The van der Waals surface area contributed by atoms with E-state index in [2.05, 4.69) is 15.6 Å². The van der Waals surface area contributed by atoms with Crippen molar-refractivity contribution >= 4 is 40.0 Å². The number of carbonyl (C=O) groups is 3. The van der Waals surface area contributed by atoms with Gasteiger partial charge >= 0.3 is 0 Å². The normalized spacial score (nSPS) is 26.3. The van der Waals surface area contributed by atoms with Gasteiger partial charge in [0.25, 0.3) is 0 Å². The lowest BCUT2D eigenvalue weighted by atomic mass is 9.76. The Morgan fingerprint density at radius 3 is 2.54 bits per heavy atom. The average molecular weight is 491 g/mol. The van der Waals surface area contributed by atoms with Gasteiger partial charge in [-0.25, -0.2) is 4.90 Å². The smallest absolute Gasteiger partial charge is 0.250 e. The highest BCUT2D eigenvalue weighted by Gasteiger charge is 2.70. The molecule has 4 atom stereocenters. The third-order valence-electron chi connectivity index (χ3n) is 8.25. The van der Waals surface area contributed by atoms with E-state index in [0.717, 1.165) is 33.2 Å². The number of aromatic nitrogens is 1. The number of hydrogen-bond acceptors (Lipinski definition) is 4. The minimum absolute atomic E-state index is 0.260. The number of aryl methyl sites for hydroxylation is 2. The van der Waals surface area contributed by atoms with Crippen LogP contribution in [0.15, 0.2) is 72.9 Å². The lowest BCUT2D eigenvalue weighted by Crippen LogP contribution is -2.53. The van der Waals surface area contributed by atoms with Gasteiger partial charge in [0.05, 0.1) is 17.5 Å². The van der Waals surface area contributed by atoms with Crippen molar-refractivity contribution < 1.29 is 14.4 Å². The predicted molar refractivity (Wildman–Crippen MR) is 141 cm³/mol. The Kier molecular flexibility index (Phi) is 4.54. The maximum absolute atomic E-state index is 14.1. The Morgan fingerprint density at radius 1 is 0.892 bits per heavy atom. The Labute approximate surface area is 213 Å². The van der Waals surface area contributed by atoms with Gasteiger partial charge in [-0.1, -0.05) is 48.0 Å². The molecule has 3 aromatic carbocycles. The summed E-state index contributed by atoms with van der Waals surface area (Å²) in [7, 11) is 0. The first-order valence-electron chi connectivity index (χ1n) is 12.6. The van der Waals surface area contributed by atoms with Gasteiger partial charge in [-0.15, -0.1) is 0 Å². The molecule has 4 heterocycles. The summed E-state index contributed by atoms with van der Waals surface area (Å²) in [6, 6.07) is 20.8. The average Bonchev–Trinajstić information content (AvgIpc) is 3.58. The number of nitrogens with zero attached hydrogens (tertiary/aromatic N) is 1. The Bertz CT molecular complexity index is 1640. The second-order valence-electron chi connectivity index (χ2n) is 10.5. The maximum atomic E-state index is 14.1. The van der Waals surface area contributed by atoms with E-state index < -0.39 is 23.4 Å². The first-order chi connectivity index (χ1) is 17.9. The van der Waals surface area contributed by atoms with Crippen molar-refractivity contribution in [1.29, 1.82) is 0 Å². The first kappa shape index (κ1) is 22.0. The van der Waals surface area contributed by atoms with Crippen molar-refractivity contribution in [2.24, 2.45) is 11.8 Å². The van der Waals surface area contributed by atoms with Gasteiger partial charge < -0.3 is 10.3 Å². The minimum atomic E-state index is -1.31. The number of H-pyrrole nitrogens is 1. The number of nitrogens with one attached hydrogen (secondary N) is 3. The molecular formula is C30H26N4O3. The van der Waals surface area contributed by atoms with E-state index in [1.54, 1.807) is 6.07 Å². The van der Waals surface area contributed by atoms with E-state index in [1.165, 1.54) is 4.90 Å². The van der Waals surface area contributed by atoms with E-state index in [9.17, 15) is 14.4 Å². The minimum Gasteiger partial charge on any atom is -0.361 e. The summed E-state index contributed by atoms with van der Waals surface area (Å²) >= 11 is 0. The number of benzene rings is 3. The largest absolute Gasteiger partial charge is 0.361 e. The van der Waals surface area contributed by atoms with Gasteiger partial charge in [0.15, 0.2) is 0 Å². The van der Waals surface area contributed by atoms with Crippen LogP contribution in [0.3, 0.4) is 0 Å². The van der Waals surface area contributed by atoms with Crippen LogP contribution in [0, 0.1) is 25.7 Å². The number of carbonyl (C=O) groups excluding carboxylic acids is 3. The summed E-state index contributed by atoms with van der Waals surface area (Å²) in [5, 5.41) is 7.61. The molecule has 1 aromatic heterocycles. The van der Waals surface area contributed by atoms with E-state index in [0.29, 0.717) is 17.8 Å². The summed E-state index contributed by atoms with van der Waals surface area (Å²) in [5.74, 6) is -2.41. The number of rotatable bonds is 3. The molecule has 0 bridgehead atoms. The highest BCUT2D eigenvalue weighted by atomic mass is 16.2. The quantitative estimate of drug-likeness (QED) is 0.379. The third kappa shape index (κ3) is 2.95. The topological polar surface area (TPSA) is 94.3 Å². The van der Waals surface area contributed by atoms with Gasteiger partial charge in [0.1, 0.15) is 5.54 Å². The van der Waals surface area contributed by atoms with Crippen LogP contribution >= 0.6 is 0 Å². The molecule has 37 heavy (non-hydrogen) atoms. The molecule has 184 valence electrons. The highest BCUT2D eigenvalue weighted by Crippen LogP contribution is 2.54. The van der Waals surface area contributed by atoms with Crippen molar-refractivity contribution in [1.82, 2.24) is 10.3 Å². The Morgan fingerprint density at radius 2 is 1.70 bits per heavy atom. The van der Waals surface area contributed by atoms with Gasteiger partial charge in [-0.05, 0) is 55.7 Å². The molecule has 2 fully saturated rings. The van der Waals surface area contributed by atoms with Crippen molar-refractivity contribution in [2.45, 2.75) is 31.8 Å². The first-order valence-corrected chi connectivity index (χ1v) is 12.6. The predicted octanol–water partition coefficient (Wildman–Crippen LogP) is 3.95.